The zero-order valence-corrected chi connectivity index (χ0v) is 33.5. The average molecular weight is 805 g/mol. The SMILES string of the molecule is [C-]#[N+]/C(=C\c1ccc(N(C)CCO)cc1)C(=O)OCC(C)(COC(=O)/C(=C/c1ccc(N(C)CCO)cc1)[N+]#[C-])COC(=O)/C(C#N)=C/c1ccc(N(C)CCO)cc1. The first-order valence-corrected chi connectivity index (χ1v) is 18.4. The number of anilines is 3. The van der Waals surface area contributed by atoms with Gasteiger partial charge in [-0.25, -0.2) is 14.5 Å². The fourth-order valence-corrected chi connectivity index (χ4v) is 5.28. The quantitative estimate of drug-likeness (QED) is 0.0453. The minimum atomic E-state index is -1.42. The number of hydrogen-bond acceptors (Lipinski definition) is 13. The van der Waals surface area contributed by atoms with Gasteiger partial charge in [0.1, 0.15) is 31.5 Å². The molecule has 3 N–H and O–H groups in total. The molecule has 3 aromatic rings. The van der Waals surface area contributed by atoms with Gasteiger partial charge in [-0.3, -0.25) is 9.59 Å². The predicted octanol–water partition coefficient (Wildman–Crippen LogP) is 4.44. The number of aliphatic hydroxyl groups excluding tert-OH is 3. The fourth-order valence-electron chi connectivity index (χ4n) is 5.28. The van der Waals surface area contributed by atoms with E-state index in [0.29, 0.717) is 36.3 Å². The standard InChI is InChI=1S/C44H48N6O9/c1-44(29-57-41(54)35(28-45)25-32-7-13-36(14-8-32)48(4)19-22-51,30-58-42(55)39(46-2)26-33-9-15-37(16-10-33)49(5)20-23-52)31-59-43(56)40(47-3)27-34-11-17-38(18-12-34)50(6)21-24-53/h7-18,25-27,51-53H,19-24,29-31H2,1,4-6H3/b35-25+,39-26-,40-27-. The third-order valence-corrected chi connectivity index (χ3v) is 8.88. The number of hydrogen-bond donors (Lipinski definition) is 3. The van der Waals surface area contributed by atoms with E-state index in [1.165, 1.54) is 25.2 Å². The van der Waals surface area contributed by atoms with Crippen LogP contribution in [0.2, 0.25) is 0 Å². The van der Waals surface area contributed by atoms with Crippen molar-refractivity contribution in [1.29, 1.82) is 5.26 Å². The normalized spacial score (nSPS) is 12.5. The van der Waals surface area contributed by atoms with Gasteiger partial charge in [0, 0.05) is 57.8 Å². The number of aliphatic hydroxyl groups is 3. The van der Waals surface area contributed by atoms with Crippen molar-refractivity contribution in [3.05, 3.63) is 129 Å². The third-order valence-electron chi connectivity index (χ3n) is 8.88. The molecule has 0 heterocycles. The van der Waals surface area contributed by atoms with Crippen LogP contribution >= 0.6 is 0 Å². The maximum atomic E-state index is 13.2. The van der Waals surface area contributed by atoms with Crippen LogP contribution in [0.15, 0.2) is 89.8 Å². The number of esters is 3. The summed E-state index contributed by atoms with van der Waals surface area (Å²) < 4.78 is 16.5. The lowest BCUT2D eigenvalue weighted by molar-refractivity contribution is -0.155. The van der Waals surface area contributed by atoms with Crippen LogP contribution in [-0.2, 0) is 28.6 Å². The van der Waals surface area contributed by atoms with E-state index in [1.54, 1.807) is 79.8 Å². The second kappa shape index (κ2) is 23.3. The number of carbonyl (C=O) groups is 3. The van der Waals surface area contributed by atoms with Crippen molar-refractivity contribution < 1.29 is 43.9 Å². The maximum absolute atomic E-state index is 13.2. The Morgan fingerprint density at radius 3 is 1.20 bits per heavy atom. The summed E-state index contributed by atoms with van der Waals surface area (Å²) in [6.07, 6.45) is 4.02. The van der Waals surface area contributed by atoms with E-state index in [-0.39, 0.29) is 36.8 Å². The molecule has 0 saturated carbocycles. The number of likely N-dealkylation sites (N-methyl/N-ethyl adjacent to an activating group) is 3. The van der Waals surface area contributed by atoms with Crippen molar-refractivity contribution >= 4 is 53.2 Å². The molecule has 0 aliphatic rings. The van der Waals surface area contributed by atoms with E-state index in [9.17, 15) is 35.0 Å². The first-order chi connectivity index (χ1) is 28.3. The van der Waals surface area contributed by atoms with Crippen LogP contribution in [0.3, 0.4) is 0 Å². The maximum Gasteiger partial charge on any atom is 0.348 e. The molecule has 0 unspecified atom stereocenters. The van der Waals surface area contributed by atoms with Crippen molar-refractivity contribution in [3.63, 3.8) is 0 Å². The average Bonchev–Trinajstić information content (AvgIpc) is 3.25. The molecule has 59 heavy (non-hydrogen) atoms. The van der Waals surface area contributed by atoms with Crippen molar-refractivity contribution in [2.24, 2.45) is 5.41 Å². The van der Waals surface area contributed by atoms with E-state index < -0.39 is 43.1 Å². The van der Waals surface area contributed by atoms with E-state index in [0.717, 1.165) is 17.1 Å². The number of nitrogens with zero attached hydrogens (tertiary/aromatic N) is 6. The summed E-state index contributed by atoms with van der Waals surface area (Å²) in [6, 6.07) is 22.6. The van der Waals surface area contributed by atoms with Gasteiger partial charge in [0.15, 0.2) is 0 Å². The lowest BCUT2D eigenvalue weighted by Crippen LogP contribution is -2.37. The summed E-state index contributed by atoms with van der Waals surface area (Å²) in [5, 5.41) is 37.5. The Bertz CT molecular complexity index is 1870. The van der Waals surface area contributed by atoms with Gasteiger partial charge in [0.05, 0.1) is 38.4 Å². The third kappa shape index (κ3) is 14.5. The fraction of sp³-hybridized carbons (Fsp3) is 0.318. The largest absolute Gasteiger partial charge is 0.470 e. The van der Waals surface area contributed by atoms with Crippen molar-refractivity contribution in [2.75, 3.05) is 95.1 Å². The Hall–Kier alpha value is -6.96. The number of benzene rings is 3. The second-order valence-corrected chi connectivity index (χ2v) is 13.7. The van der Waals surface area contributed by atoms with Gasteiger partial charge < -0.3 is 44.2 Å². The Morgan fingerprint density at radius 2 is 0.915 bits per heavy atom. The van der Waals surface area contributed by atoms with E-state index in [4.69, 9.17) is 27.4 Å². The Labute approximate surface area is 344 Å². The minimum Gasteiger partial charge on any atom is -0.470 e. The summed E-state index contributed by atoms with van der Waals surface area (Å²) in [7, 11) is 5.42. The predicted molar refractivity (Wildman–Crippen MR) is 224 cm³/mol. The van der Waals surface area contributed by atoms with Crippen LogP contribution in [0.25, 0.3) is 27.9 Å². The van der Waals surface area contributed by atoms with Gasteiger partial charge in [0.2, 0.25) is 0 Å². The van der Waals surface area contributed by atoms with E-state index >= 15 is 0 Å². The Morgan fingerprint density at radius 1 is 0.610 bits per heavy atom. The molecule has 308 valence electrons. The van der Waals surface area contributed by atoms with Gasteiger partial charge in [-0.05, 0) is 78.2 Å². The lowest BCUT2D eigenvalue weighted by atomic mass is 9.94. The van der Waals surface area contributed by atoms with Crippen LogP contribution in [0, 0.1) is 29.9 Å². The van der Waals surface area contributed by atoms with Gasteiger partial charge >= 0.3 is 17.9 Å². The number of carbonyl (C=O) groups excluding carboxylic acids is 3. The molecule has 0 atom stereocenters. The summed E-state index contributed by atoms with van der Waals surface area (Å²) in [5.41, 5.74) is 1.57. The molecule has 0 fully saturated rings. The molecular weight excluding hydrogens is 757 g/mol. The molecule has 0 radical (unpaired) electrons. The Balaban J connectivity index is 1.83. The molecule has 15 heteroatoms. The summed E-state index contributed by atoms with van der Waals surface area (Å²) in [5.74, 6) is -2.99. The monoisotopic (exact) mass is 804 g/mol. The van der Waals surface area contributed by atoms with Crippen LogP contribution in [0.1, 0.15) is 23.6 Å². The van der Waals surface area contributed by atoms with E-state index in [1.807, 2.05) is 34.9 Å². The van der Waals surface area contributed by atoms with Gasteiger partial charge in [-0.1, -0.05) is 36.4 Å². The van der Waals surface area contributed by atoms with Gasteiger partial charge in [-0.2, -0.15) is 5.26 Å². The highest BCUT2D eigenvalue weighted by Gasteiger charge is 2.32. The smallest absolute Gasteiger partial charge is 0.348 e. The summed E-state index contributed by atoms with van der Waals surface area (Å²) in [4.78, 5) is 51.7. The second-order valence-electron chi connectivity index (χ2n) is 13.7. The molecular formula is C44H48N6O9. The molecule has 15 nitrogen and oxygen atoms in total. The van der Waals surface area contributed by atoms with Crippen molar-refractivity contribution in [2.45, 2.75) is 6.92 Å². The number of nitriles is 1. The minimum absolute atomic E-state index is 0.0313. The summed E-state index contributed by atoms with van der Waals surface area (Å²) in [6.45, 7) is 16.4. The highest BCUT2D eigenvalue weighted by atomic mass is 16.6. The van der Waals surface area contributed by atoms with Crippen molar-refractivity contribution in [1.82, 2.24) is 0 Å². The van der Waals surface area contributed by atoms with Crippen LogP contribution in [-0.4, -0.2) is 114 Å². The number of ether oxygens (including phenoxy) is 3. The van der Waals surface area contributed by atoms with Crippen LogP contribution < -0.4 is 14.7 Å². The Kier molecular flexibility index (Phi) is 18.3. The molecule has 0 aromatic heterocycles. The molecule has 3 rings (SSSR count). The van der Waals surface area contributed by atoms with E-state index in [2.05, 4.69) is 9.69 Å². The molecule has 0 spiro atoms. The molecule has 0 aliphatic heterocycles. The zero-order chi connectivity index (χ0) is 43.4. The first-order valence-electron chi connectivity index (χ1n) is 18.4. The van der Waals surface area contributed by atoms with Crippen LogP contribution in [0.5, 0.6) is 0 Å². The number of rotatable bonds is 21. The molecule has 0 aliphatic carbocycles. The zero-order valence-electron chi connectivity index (χ0n) is 33.5. The molecule has 0 saturated heterocycles. The highest BCUT2D eigenvalue weighted by molar-refractivity contribution is 5.98. The van der Waals surface area contributed by atoms with Crippen molar-refractivity contribution in [3.8, 4) is 6.07 Å². The molecule has 0 bridgehead atoms. The van der Waals surface area contributed by atoms with Gasteiger partial charge in [-0.15, -0.1) is 0 Å². The lowest BCUT2D eigenvalue weighted by Gasteiger charge is -2.28. The topological polar surface area (TPSA) is 182 Å². The van der Waals surface area contributed by atoms with Crippen LogP contribution in [0.4, 0.5) is 17.1 Å². The molecule has 0 amide bonds. The summed E-state index contributed by atoms with van der Waals surface area (Å²) >= 11 is 0. The molecule has 3 aromatic carbocycles. The first kappa shape index (κ1) is 46.4. The highest BCUT2D eigenvalue weighted by Crippen LogP contribution is 2.24. The van der Waals surface area contributed by atoms with Gasteiger partial charge in [0.25, 0.3) is 11.4 Å².